The third-order valence-electron chi connectivity index (χ3n) is 6.06. The molecule has 1 aromatic heterocycles. The van der Waals surface area contributed by atoms with E-state index in [1.807, 2.05) is 58.9 Å². The van der Waals surface area contributed by atoms with E-state index in [0.29, 0.717) is 24.7 Å². The fourth-order valence-corrected chi connectivity index (χ4v) is 5.24. The fraction of sp³-hybridized carbons (Fsp3) is 0.222. The van der Waals surface area contributed by atoms with Crippen molar-refractivity contribution in [1.29, 1.82) is 0 Å². The van der Waals surface area contributed by atoms with Gasteiger partial charge in [-0.3, -0.25) is 9.36 Å². The predicted molar refractivity (Wildman–Crippen MR) is 131 cm³/mol. The SMILES string of the molecule is CC(Sc1nnc(Cc2ccccc2)n1-c1ccc(F)cc1)C(=O)N1CCc2ccccc2C1. The summed E-state index contributed by atoms with van der Waals surface area (Å²) in [5, 5.41) is 9.15. The molecule has 0 saturated heterocycles. The summed E-state index contributed by atoms with van der Waals surface area (Å²) in [6.45, 7) is 3.25. The van der Waals surface area contributed by atoms with Gasteiger partial charge < -0.3 is 4.90 Å². The van der Waals surface area contributed by atoms with E-state index < -0.39 is 0 Å². The quantitative estimate of drug-likeness (QED) is 0.368. The van der Waals surface area contributed by atoms with Crippen LogP contribution in [0.25, 0.3) is 5.69 Å². The summed E-state index contributed by atoms with van der Waals surface area (Å²) in [7, 11) is 0. The number of rotatable bonds is 6. The topological polar surface area (TPSA) is 51.0 Å². The van der Waals surface area contributed by atoms with Gasteiger partial charge in [-0.2, -0.15) is 0 Å². The second kappa shape index (κ2) is 9.81. The number of carbonyl (C=O) groups excluding carboxylic acids is 1. The molecule has 1 aliphatic rings. The highest BCUT2D eigenvalue weighted by Gasteiger charge is 2.27. The van der Waals surface area contributed by atoms with E-state index in [0.717, 1.165) is 23.5 Å². The molecule has 1 aliphatic heterocycles. The summed E-state index contributed by atoms with van der Waals surface area (Å²) in [6, 6.07) is 24.6. The molecule has 0 aliphatic carbocycles. The number of amides is 1. The minimum atomic E-state index is -0.335. The van der Waals surface area contributed by atoms with Crippen LogP contribution in [0.15, 0.2) is 84.0 Å². The van der Waals surface area contributed by atoms with Crippen LogP contribution >= 0.6 is 11.8 Å². The lowest BCUT2D eigenvalue weighted by molar-refractivity contribution is -0.131. The zero-order valence-electron chi connectivity index (χ0n) is 18.9. The summed E-state index contributed by atoms with van der Waals surface area (Å²) < 4.78 is 15.5. The number of carbonyl (C=O) groups is 1. The number of halogens is 1. The number of fused-ring (bicyclic) bond motifs is 1. The summed E-state index contributed by atoms with van der Waals surface area (Å²) in [5.74, 6) is 0.522. The van der Waals surface area contributed by atoms with Crippen molar-refractivity contribution in [2.24, 2.45) is 0 Å². The average Bonchev–Trinajstić information content (AvgIpc) is 3.26. The van der Waals surface area contributed by atoms with Crippen molar-refractivity contribution < 1.29 is 9.18 Å². The zero-order chi connectivity index (χ0) is 23.5. The molecule has 5 nitrogen and oxygen atoms in total. The number of benzene rings is 3. The molecule has 1 amide bonds. The van der Waals surface area contributed by atoms with E-state index in [1.165, 1.54) is 35.0 Å². The van der Waals surface area contributed by atoms with Crippen molar-refractivity contribution >= 4 is 17.7 Å². The van der Waals surface area contributed by atoms with Crippen LogP contribution in [0, 0.1) is 5.82 Å². The molecule has 1 unspecified atom stereocenters. The van der Waals surface area contributed by atoms with Crippen LogP contribution in [0.2, 0.25) is 0 Å². The molecule has 0 radical (unpaired) electrons. The van der Waals surface area contributed by atoms with Gasteiger partial charge in [0.1, 0.15) is 11.6 Å². The number of hydrogen-bond donors (Lipinski definition) is 0. The molecule has 7 heteroatoms. The first kappa shape index (κ1) is 22.3. The fourth-order valence-electron chi connectivity index (χ4n) is 4.27. The Kier molecular flexibility index (Phi) is 6.45. The van der Waals surface area contributed by atoms with Gasteiger partial charge in [-0.25, -0.2) is 4.39 Å². The lowest BCUT2D eigenvalue weighted by atomic mass is 10.00. The smallest absolute Gasteiger partial charge is 0.236 e. The Bertz CT molecular complexity index is 1290. The van der Waals surface area contributed by atoms with Crippen LogP contribution in [0.1, 0.15) is 29.4 Å². The maximum absolute atomic E-state index is 13.6. The van der Waals surface area contributed by atoms with Crippen molar-refractivity contribution in [3.8, 4) is 5.69 Å². The van der Waals surface area contributed by atoms with Gasteiger partial charge >= 0.3 is 0 Å². The minimum Gasteiger partial charge on any atom is -0.337 e. The van der Waals surface area contributed by atoms with Gasteiger partial charge in [0.15, 0.2) is 5.16 Å². The van der Waals surface area contributed by atoms with E-state index in [2.05, 4.69) is 22.3 Å². The van der Waals surface area contributed by atoms with Crippen LogP contribution in [0.4, 0.5) is 4.39 Å². The normalized spacial score (nSPS) is 14.0. The van der Waals surface area contributed by atoms with Crippen LogP contribution in [-0.2, 0) is 24.2 Å². The molecule has 0 saturated carbocycles. The first-order valence-electron chi connectivity index (χ1n) is 11.3. The Morgan fingerprint density at radius 3 is 2.44 bits per heavy atom. The monoisotopic (exact) mass is 472 g/mol. The van der Waals surface area contributed by atoms with E-state index in [4.69, 9.17) is 0 Å². The molecule has 5 rings (SSSR count). The molecule has 4 aromatic rings. The van der Waals surface area contributed by atoms with Gasteiger partial charge in [0.05, 0.1) is 5.25 Å². The largest absolute Gasteiger partial charge is 0.337 e. The second-order valence-corrected chi connectivity index (χ2v) is 9.72. The van der Waals surface area contributed by atoms with Crippen molar-refractivity contribution in [2.75, 3.05) is 6.54 Å². The van der Waals surface area contributed by atoms with Crippen molar-refractivity contribution in [3.05, 3.63) is 107 Å². The molecule has 0 bridgehead atoms. The minimum absolute atomic E-state index is 0.0813. The molecule has 172 valence electrons. The molecule has 34 heavy (non-hydrogen) atoms. The summed E-state index contributed by atoms with van der Waals surface area (Å²) in [4.78, 5) is 15.2. The van der Waals surface area contributed by atoms with Crippen molar-refractivity contribution in [1.82, 2.24) is 19.7 Å². The Hall–Kier alpha value is -3.45. The number of nitrogens with zero attached hydrogens (tertiary/aromatic N) is 4. The third kappa shape index (κ3) is 4.75. The zero-order valence-corrected chi connectivity index (χ0v) is 19.7. The summed E-state index contributed by atoms with van der Waals surface area (Å²) in [5.41, 5.74) is 4.39. The molecule has 2 heterocycles. The molecule has 1 atom stereocenters. The Labute approximate surface area is 202 Å². The van der Waals surface area contributed by atoms with Gasteiger partial charge in [0, 0.05) is 25.2 Å². The molecule has 3 aromatic carbocycles. The van der Waals surface area contributed by atoms with Crippen molar-refractivity contribution in [3.63, 3.8) is 0 Å². The first-order valence-corrected chi connectivity index (χ1v) is 12.2. The molecule has 0 fully saturated rings. The van der Waals surface area contributed by atoms with E-state index in [-0.39, 0.29) is 17.0 Å². The molecular weight excluding hydrogens is 447 g/mol. The van der Waals surface area contributed by atoms with Crippen molar-refractivity contribution in [2.45, 2.75) is 36.7 Å². The first-order chi connectivity index (χ1) is 16.6. The maximum Gasteiger partial charge on any atom is 0.236 e. The van der Waals surface area contributed by atoms with Crippen LogP contribution in [0.3, 0.4) is 0 Å². The molecule has 0 spiro atoms. The summed E-state index contributed by atoms with van der Waals surface area (Å²) in [6.07, 6.45) is 1.45. The van der Waals surface area contributed by atoms with Crippen LogP contribution in [0.5, 0.6) is 0 Å². The number of hydrogen-bond acceptors (Lipinski definition) is 4. The number of aromatic nitrogens is 3. The van der Waals surface area contributed by atoms with Gasteiger partial charge in [0.2, 0.25) is 5.91 Å². The summed E-state index contributed by atoms with van der Waals surface area (Å²) >= 11 is 1.39. The van der Waals surface area contributed by atoms with E-state index in [1.54, 1.807) is 12.1 Å². The van der Waals surface area contributed by atoms with Gasteiger partial charge in [0.25, 0.3) is 0 Å². The molecule has 0 N–H and O–H groups in total. The van der Waals surface area contributed by atoms with Gasteiger partial charge in [-0.05, 0) is 54.3 Å². The molecular formula is C27H25FN4OS. The highest BCUT2D eigenvalue weighted by Crippen LogP contribution is 2.29. The lowest BCUT2D eigenvalue weighted by Gasteiger charge is -2.30. The second-order valence-electron chi connectivity index (χ2n) is 8.41. The van der Waals surface area contributed by atoms with Crippen LogP contribution in [-0.4, -0.2) is 37.4 Å². The Morgan fingerprint density at radius 2 is 1.68 bits per heavy atom. The third-order valence-corrected chi connectivity index (χ3v) is 7.09. The lowest BCUT2D eigenvalue weighted by Crippen LogP contribution is -2.40. The predicted octanol–water partition coefficient (Wildman–Crippen LogP) is 5.06. The highest BCUT2D eigenvalue weighted by molar-refractivity contribution is 8.00. The van der Waals surface area contributed by atoms with E-state index >= 15 is 0 Å². The van der Waals surface area contributed by atoms with E-state index in [9.17, 15) is 9.18 Å². The number of thioether (sulfide) groups is 1. The average molecular weight is 473 g/mol. The Morgan fingerprint density at radius 1 is 0.971 bits per heavy atom. The van der Waals surface area contributed by atoms with Crippen LogP contribution < -0.4 is 0 Å². The standard InChI is InChI=1S/C27H25FN4OS/c1-19(26(33)31-16-15-21-9-5-6-10-22(21)18-31)34-27-30-29-25(17-20-7-3-2-4-8-20)32(27)24-13-11-23(28)12-14-24/h2-14,19H,15-18H2,1H3. The van der Waals surface area contributed by atoms with Gasteiger partial charge in [-0.15, -0.1) is 10.2 Å². The highest BCUT2D eigenvalue weighted by atomic mass is 32.2. The Balaban J connectivity index is 1.39. The maximum atomic E-state index is 13.6. The van der Waals surface area contributed by atoms with Gasteiger partial charge in [-0.1, -0.05) is 66.4 Å².